The van der Waals surface area contributed by atoms with Crippen LogP contribution in [0.4, 0.5) is 0 Å². The van der Waals surface area contributed by atoms with Crippen LogP contribution in [0.15, 0.2) is 63.8 Å². The molecule has 0 spiro atoms. The van der Waals surface area contributed by atoms with E-state index in [-0.39, 0.29) is 5.43 Å². The van der Waals surface area contributed by atoms with E-state index in [9.17, 15) is 4.79 Å². The average molecular weight is 364 g/mol. The molecule has 2 aromatic carbocycles. The maximum absolute atomic E-state index is 12.6. The Morgan fingerprint density at radius 3 is 2.46 bits per heavy atom. The zero-order valence-corrected chi connectivity index (χ0v) is 15.6. The molecule has 3 nitrogen and oxygen atoms in total. The van der Waals surface area contributed by atoms with Gasteiger partial charge in [0, 0.05) is 29.4 Å². The minimum Gasteiger partial charge on any atom is -0.454 e. The fraction of sp³-hybridized carbons (Fsp3) is 0.136. The molecule has 26 heavy (non-hydrogen) atoms. The fourth-order valence-electron chi connectivity index (χ4n) is 3.43. The van der Waals surface area contributed by atoms with Gasteiger partial charge in [0.05, 0.1) is 11.1 Å². The molecule has 2 aromatic heterocycles. The molecule has 0 aliphatic rings. The number of aromatic nitrogens is 1. The third kappa shape index (κ3) is 2.65. The molecule has 0 bridgehead atoms. The van der Waals surface area contributed by atoms with Crippen LogP contribution >= 0.6 is 11.6 Å². The maximum atomic E-state index is 12.6. The molecule has 0 aliphatic carbocycles. The Morgan fingerprint density at radius 2 is 1.69 bits per heavy atom. The second-order valence-electron chi connectivity index (χ2n) is 6.58. The number of fused-ring (bicyclic) bond motifs is 1. The summed E-state index contributed by atoms with van der Waals surface area (Å²) in [6.07, 6.45) is 0. The van der Waals surface area contributed by atoms with Crippen LogP contribution in [0.25, 0.3) is 33.7 Å². The van der Waals surface area contributed by atoms with E-state index < -0.39 is 0 Å². The highest BCUT2D eigenvalue weighted by Crippen LogP contribution is 2.32. The van der Waals surface area contributed by atoms with Gasteiger partial charge in [0.25, 0.3) is 0 Å². The van der Waals surface area contributed by atoms with E-state index in [1.54, 1.807) is 6.07 Å². The molecule has 0 saturated heterocycles. The summed E-state index contributed by atoms with van der Waals surface area (Å²) in [6, 6.07) is 17.1. The van der Waals surface area contributed by atoms with Gasteiger partial charge >= 0.3 is 0 Å². The highest BCUT2D eigenvalue weighted by molar-refractivity contribution is 6.33. The molecule has 130 valence electrons. The van der Waals surface area contributed by atoms with Gasteiger partial charge in [-0.15, -0.1) is 0 Å². The summed E-state index contributed by atoms with van der Waals surface area (Å²) < 4.78 is 8.12. The van der Waals surface area contributed by atoms with Crippen molar-refractivity contribution in [1.82, 2.24) is 4.57 Å². The van der Waals surface area contributed by atoms with Crippen molar-refractivity contribution in [1.29, 1.82) is 0 Å². The second kappa shape index (κ2) is 6.19. The highest BCUT2D eigenvalue weighted by atomic mass is 35.5. The smallest absolute Gasteiger partial charge is 0.193 e. The predicted molar refractivity (Wildman–Crippen MR) is 107 cm³/mol. The lowest BCUT2D eigenvalue weighted by Gasteiger charge is -2.10. The summed E-state index contributed by atoms with van der Waals surface area (Å²) in [5, 5.41) is 1.30. The fourth-order valence-corrected chi connectivity index (χ4v) is 3.67. The van der Waals surface area contributed by atoms with E-state index in [1.165, 1.54) is 0 Å². The molecule has 0 aliphatic heterocycles. The number of hydrogen-bond acceptors (Lipinski definition) is 2. The average Bonchev–Trinajstić information content (AvgIpc) is 2.97. The van der Waals surface area contributed by atoms with Gasteiger partial charge in [-0.1, -0.05) is 35.9 Å². The van der Waals surface area contributed by atoms with Gasteiger partial charge in [0.15, 0.2) is 11.2 Å². The first kappa shape index (κ1) is 16.7. The van der Waals surface area contributed by atoms with Crippen molar-refractivity contribution in [3.63, 3.8) is 0 Å². The maximum Gasteiger partial charge on any atom is 0.193 e. The van der Waals surface area contributed by atoms with Crippen molar-refractivity contribution in [2.24, 2.45) is 7.05 Å². The lowest BCUT2D eigenvalue weighted by atomic mass is 10.1. The Bertz CT molecular complexity index is 1200. The van der Waals surface area contributed by atoms with Crippen LogP contribution < -0.4 is 5.43 Å². The molecule has 0 saturated carbocycles. The molecule has 2 heterocycles. The normalized spacial score (nSPS) is 11.2. The number of rotatable bonds is 2. The summed E-state index contributed by atoms with van der Waals surface area (Å²) >= 11 is 6.34. The molecule has 0 N–H and O–H groups in total. The Morgan fingerprint density at radius 1 is 0.962 bits per heavy atom. The minimum atomic E-state index is -0.0338. The zero-order valence-electron chi connectivity index (χ0n) is 14.8. The van der Waals surface area contributed by atoms with Crippen LogP contribution in [0.2, 0.25) is 5.02 Å². The van der Waals surface area contributed by atoms with Gasteiger partial charge in [0.1, 0.15) is 5.58 Å². The monoisotopic (exact) mass is 363 g/mol. The molecule has 0 radical (unpaired) electrons. The molecular weight excluding hydrogens is 346 g/mol. The first-order chi connectivity index (χ1) is 12.5. The molecular formula is C22H18ClNO2. The number of nitrogens with zero attached hydrogens (tertiary/aromatic N) is 1. The number of benzene rings is 2. The summed E-state index contributed by atoms with van der Waals surface area (Å²) in [7, 11) is 1.94. The first-order valence-electron chi connectivity index (χ1n) is 8.42. The third-order valence-corrected chi connectivity index (χ3v) is 5.01. The molecule has 0 amide bonds. The topological polar surface area (TPSA) is 35.1 Å². The van der Waals surface area contributed by atoms with Crippen LogP contribution in [0.1, 0.15) is 11.1 Å². The summed E-state index contributed by atoms with van der Waals surface area (Å²) in [5.74, 6) is 0.551. The van der Waals surface area contributed by atoms with E-state index >= 15 is 0 Å². The van der Waals surface area contributed by atoms with Crippen LogP contribution in [0, 0.1) is 13.8 Å². The first-order valence-corrected chi connectivity index (χ1v) is 8.79. The molecule has 0 atom stereocenters. The van der Waals surface area contributed by atoms with Gasteiger partial charge in [-0.2, -0.15) is 0 Å². The Labute approximate surface area is 156 Å². The van der Waals surface area contributed by atoms with Gasteiger partial charge in [-0.3, -0.25) is 4.79 Å². The summed E-state index contributed by atoms with van der Waals surface area (Å²) in [5.41, 5.74) is 5.35. The van der Waals surface area contributed by atoms with E-state index in [0.717, 1.165) is 28.1 Å². The van der Waals surface area contributed by atoms with E-state index in [2.05, 4.69) is 0 Å². The Hall–Kier alpha value is -2.78. The molecule has 4 heteroatoms. The van der Waals surface area contributed by atoms with Gasteiger partial charge < -0.3 is 8.98 Å². The number of hydrogen-bond donors (Lipinski definition) is 0. The van der Waals surface area contributed by atoms with E-state index in [1.807, 2.05) is 74.0 Å². The van der Waals surface area contributed by atoms with Crippen molar-refractivity contribution in [2.45, 2.75) is 13.8 Å². The van der Waals surface area contributed by atoms with Crippen molar-refractivity contribution < 1.29 is 4.42 Å². The second-order valence-corrected chi connectivity index (χ2v) is 6.98. The van der Waals surface area contributed by atoms with Crippen molar-refractivity contribution >= 4 is 22.6 Å². The highest BCUT2D eigenvalue weighted by Gasteiger charge is 2.15. The largest absolute Gasteiger partial charge is 0.454 e. The van der Waals surface area contributed by atoms with E-state index in [0.29, 0.717) is 21.8 Å². The summed E-state index contributed by atoms with van der Waals surface area (Å²) in [4.78, 5) is 12.6. The predicted octanol–water partition coefficient (Wildman–Crippen LogP) is 5.74. The quantitative estimate of drug-likeness (QED) is 0.455. The van der Waals surface area contributed by atoms with Gasteiger partial charge in [-0.05, 0) is 49.2 Å². The lowest BCUT2D eigenvalue weighted by molar-refractivity contribution is 0.609. The van der Waals surface area contributed by atoms with Crippen LogP contribution in [-0.2, 0) is 7.05 Å². The standard InChI is InChI=1S/C22H18ClNO2/c1-13-10-14(2)22-16(11-13)20(25)12-21(26-22)19-9-8-18(24(19)3)15-6-4-5-7-17(15)23/h4-12H,1-3H3. The van der Waals surface area contributed by atoms with E-state index in [4.69, 9.17) is 16.0 Å². The van der Waals surface area contributed by atoms with Crippen LogP contribution in [0.3, 0.4) is 0 Å². The summed E-state index contributed by atoms with van der Waals surface area (Å²) in [6.45, 7) is 3.94. The Kier molecular flexibility index (Phi) is 3.97. The molecule has 4 aromatic rings. The molecule has 4 rings (SSSR count). The Balaban J connectivity index is 1.92. The van der Waals surface area contributed by atoms with Gasteiger partial charge in [0.2, 0.25) is 0 Å². The SMILES string of the molecule is Cc1cc(C)c2oc(-c3ccc(-c4ccccc4Cl)n3C)cc(=O)c2c1. The van der Waals surface area contributed by atoms with Crippen molar-refractivity contribution in [2.75, 3.05) is 0 Å². The van der Waals surface area contributed by atoms with Gasteiger partial charge in [-0.25, -0.2) is 0 Å². The van der Waals surface area contributed by atoms with Crippen LogP contribution in [0.5, 0.6) is 0 Å². The molecule has 0 fully saturated rings. The number of halogens is 1. The van der Waals surface area contributed by atoms with Crippen molar-refractivity contribution in [3.8, 4) is 22.7 Å². The number of aryl methyl sites for hydroxylation is 2. The lowest BCUT2D eigenvalue weighted by Crippen LogP contribution is -2.03. The molecule has 0 unspecified atom stereocenters. The minimum absolute atomic E-state index is 0.0338. The van der Waals surface area contributed by atoms with Crippen molar-refractivity contribution in [3.05, 3.63) is 81.0 Å². The van der Waals surface area contributed by atoms with Crippen LogP contribution in [-0.4, -0.2) is 4.57 Å². The zero-order chi connectivity index (χ0) is 18.4. The third-order valence-electron chi connectivity index (χ3n) is 4.68.